The van der Waals surface area contributed by atoms with Crippen molar-refractivity contribution in [1.29, 1.82) is 0 Å². The summed E-state index contributed by atoms with van der Waals surface area (Å²) >= 11 is 6.16. The summed E-state index contributed by atoms with van der Waals surface area (Å²) in [6.45, 7) is 6.81. The molecule has 6 heteroatoms. The van der Waals surface area contributed by atoms with Gasteiger partial charge in [-0.2, -0.15) is 4.98 Å². The van der Waals surface area contributed by atoms with Crippen molar-refractivity contribution in [2.24, 2.45) is 0 Å². The summed E-state index contributed by atoms with van der Waals surface area (Å²) in [7, 11) is 0. The molecule has 0 aliphatic carbocycles. The minimum Gasteiger partial charge on any atom is -0.437 e. The van der Waals surface area contributed by atoms with Gasteiger partial charge in [-0.05, 0) is 43.5 Å². The van der Waals surface area contributed by atoms with Gasteiger partial charge < -0.3 is 15.8 Å². The lowest BCUT2D eigenvalue weighted by Crippen LogP contribution is -2.07. The maximum Gasteiger partial charge on any atom is 0.248 e. The quantitative estimate of drug-likeness (QED) is 0.775. The number of rotatable bonds is 6. The number of nitrogens with two attached hydrogens (primary N) is 1. The fraction of sp³-hybridized carbons (Fsp3) is 0.375. The first kappa shape index (κ1) is 16.4. The van der Waals surface area contributed by atoms with Crippen molar-refractivity contribution >= 4 is 23.1 Å². The molecule has 118 valence electrons. The summed E-state index contributed by atoms with van der Waals surface area (Å²) in [6.07, 6.45) is 3.59. The van der Waals surface area contributed by atoms with Gasteiger partial charge in [-0.3, -0.25) is 0 Å². The van der Waals surface area contributed by atoms with Crippen molar-refractivity contribution in [3.63, 3.8) is 0 Å². The molecule has 0 aliphatic heterocycles. The van der Waals surface area contributed by atoms with Crippen molar-refractivity contribution in [1.82, 2.24) is 9.97 Å². The number of nitrogens with zero attached hydrogens (tertiary/aromatic N) is 2. The number of aromatic nitrogens is 2. The molecule has 0 atom stereocenters. The molecule has 0 bridgehead atoms. The average molecular weight is 321 g/mol. The average Bonchev–Trinajstić information content (AvgIpc) is 2.48. The Morgan fingerprint density at radius 3 is 2.55 bits per heavy atom. The highest BCUT2D eigenvalue weighted by Gasteiger charge is 2.11. The van der Waals surface area contributed by atoms with E-state index in [1.165, 1.54) is 6.33 Å². The standard InChI is InChI=1S/C16H21ClN4O/c1-4-5-6-19-15-14(18)16(21-9-20-15)22-12-7-10(2)13(17)11(3)8-12/h7-9H,4-6,18H2,1-3H3,(H,19,20,21). The summed E-state index contributed by atoms with van der Waals surface area (Å²) in [4.78, 5) is 8.27. The molecule has 1 heterocycles. The van der Waals surface area contributed by atoms with E-state index in [1.54, 1.807) is 0 Å². The molecule has 0 amide bonds. The van der Waals surface area contributed by atoms with Crippen LogP contribution in [0.4, 0.5) is 11.5 Å². The van der Waals surface area contributed by atoms with Crippen LogP contribution in [-0.2, 0) is 0 Å². The number of benzene rings is 1. The van der Waals surface area contributed by atoms with Crippen LogP contribution < -0.4 is 15.8 Å². The first-order chi connectivity index (χ1) is 10.5. The van der Waals surface area contributed by atoms with Crippen molar-refractivity contribution in [3.8, 4) is 11.6 Å². The molecule has 1 aromatic carbocycles. The summed E-state index contributed by atoms with van der Waals surface area (Å²) in [5.74, 6) is 1.60. The third-order valence-electron chi connectivity index (χ3n) is 3.29. The lowest BCUT2D eigenvalue weighted by molar-refractivity contribution is 0.464. The molecule has 2 aromatic rings. The van der Waals surface area contributed by atoms with Gasteiger partial charge in [0.1, 0.15) is 17.8 Å². The monoisotopic (exact) mass is 320 g/mol. The number of hydrogen-bond donors (Lipinski definition) is 2. The normalized spacial score (nSPS) is 10.5. The maximum atomic E-state index is 6.16. The van der Waals surface area contributed by atoms with Gasteiger partial charge in [-0.1, -0.05) is 24.9 Å². The van der Waals surface area contributed by atoms with E-state index in [0.717, 1.165) is 35.5 Å². The van der Waals surface area contributed by atoms with Crippen molar-refractivity contribution in [2.75, 3.05) is 17.6 Å². The topological polar surface area (TPSA) is 73.1 Å². The number of nitrogen functional groups attached to an aromatic ring is 1. The zero-order valence-electron chi connectivity index (χ0n) is 13.1. The number of aryl methyl sites for hydroxylation is 2. The van der Waals surface area contributed by atoms with E-state index in [1.807, 2.05) is 26.0 Å². The largest absolute Gasteiger partial charge is 0.437 e. The lowest BCUT2D eigenvalue weighted by Gasteiger charge is -2.13. The Hall–Kier alpha value is -2.01. The Morgan fingerprint density at radius 2 is 1.91 bits per heavy atom. The molecule has 0 unspecified atom stereocenters. The second kappa shape index (κ2) is 7.31. The number of unbranched alkanes of at least 4 members (excludes halogenated alkanes) is 1. The third kappa shape index (κ3) is 3.80. The van der Waals surface area contributed by atoms with Crippen LogP contribution in [0.3, 0.4) is 0 Å². The highest BCUT2D eigenvalue weighted by molar-refractivity contribution is 6.32. The van der Waals surface area contributed by atoms with Gasteiger partial charge in [-0.15, -0.1) is 0 Å². The van der Waals surface area contributed by atoms with Crippen molar-refractivity contribution < 1.29 is 4.74 Å². The first-order valence-corrected chi connectivity index (χ1v) is 7.69. The second-order valence-electron chi connectivity index (χ2n) is 5.19. The molecule has 3 N–H and O–H groups in total. The van der Waals surface area contributed by atoms with Crippen LogP contribution in [0.15, 0.2) is 18.5 Å². The number of anilines is 2. The van der Waals surface area contributed by atoms with Gasteiger partial charge in [-0.25, -0.2) is 4.98 Å². The predicted octanol–water partition coefficient (Wildman–Crippen LogP) is 4.33. The van der Waals surface area contributed by atoms with Crippen LogP contribution in [0, 0.1) is 13.8 Å². The Labute approximate surface area is 135 Å². The second-order valence-corrected chi connectivity index (χ2v) is 5.57. The predicted molar refractivity (Wildman–Crippen MR) is 90.8 cm³/mol. The van der Waals surface area contributed by atoms with Crippen LogP contribution >= 0.6 is 11.6 Å². The number of nitrogens with one attached hydrogen (secondary N) is 1. The summed E-state index contributed by atoms with van der Waals surface area (Å²) < 4.78 is 5.80. The van der Waals surface area contributed by atoms with Gasteiger partial charge >= 0.3 is 0 Å². The number of ether oxygens (including phenoxy) is 1. The highest BCUT2D eigenvalue weighted by atomic mass is 35.5. The van der Waals surface area contributed by atoms with E-state index in [-0.39, 0.29) is 0 Å². The van der Waals surface area contributed by atoms with Gasteiger partial charge in [0.2, 0.25) is 5.88 Å². The lowest BCUT2D eigenvalue weighted by atomic mass is 10.1. The number of halogens is 1. The molecule has 1 aromatic heterocycles. The van der Waals surface area contributed by atoms with E-state index in [0.29, 0.717) is 23.1 Å². The van der Waals surface area contributed by atoms with E-state index in [2.05, 4.69) is 22.2 Å². The van der Waals surface area contributed by atoms with Gasteiger partial charge in [0.15, 0.2) is 5.82 Å². The summed E-state index contributed by atoms with van der Waals surface area (Å²) in [6, 6.07) is 3.72. The first-order valence-electron chi connectivity index (χ1n) is 7.31. The van der Waals surface area contributed by atoms with Crippen LogP contribution in [0.2, 0.25) is 5.02 Å². The van der Waals surface area contributed by atoms with Gasteiger partial charge in [0.25, 0.3) is 0 Å². The Balaban J connectivity index is 2.21. The molecule has 22 heavy (non-hydrogen) atoms. The number of hydrogen-bond acceptors (Lipinski definition) is 5. The Kier molecular flexibility index (Phi) is 5.44. The van der Waals surface area contributed by atoms with Crippen molar-refractivity contribution in [2.45, 2.75) is 33.6 Å². The van der Waals surface area contributed by atoms with Crippen LogP contribution in [0.25, 0.3) is 0 Å². The van der Waals surface area contributed by atoms with E-state index < -0.39 is 0 Å². The molecule has 5 nitrogen and oxygen atoms in total. The minimum atomic E-state index is 0.343. The summed E-state index contributed by atoms with van der Waals surface area (Å²) in [5.41, 5.74) is 8.39. The van der Waals surface area contributed by atoms with Crippen LogP contribution in [0.1, 0.15) is 30.9 Å². The van der Waals surface area contributed by atoms with E-state index in [4.69, 9.17) is 22.1 Å². The fourth-order valence-electron chi connectivity index (χ4n) is 2.06. The smallest absolute Gasteiger partial charge is 0.248 e. The highest BCUT2D eigenvalue weighted by Crippen LogP contribution is 2.32. The minimum absolute atomic E-state index is 0.343. The molecule has 0 radical (unpaired) electrons. The van der Waals surface area contributed by atoms with Crippen LogP contribution in [0.5, 0.6) is 11.6 Å². The molecule has 0 fully saturated rings. The zero-order valence-corrected chi connectivity index (χ0v) is 13.9. The molecular weight excluding hydrogens is 300 g/mol. The Bertz CT molecular complexity index is 638. The molecule has 0 saturated heterocycles. The zero-order chi connectivity index (χ0) is 16.1. The molecular formula is C16H21ClN4O. The van der Waals surface area contributed by atoms with Gasteiger partial charge in [0.05, 0.1) is 0 Å². The van der Waals surface area contributed by atoms with E-state index in [9.17, 15) is 0 Å². The molecule has 2 rings (SSSR count). The van der Waals surface area contributed by atoms with Crippen LogP contribution in [-0.4, -0.2) is 16.5 Å². The Morgan fingerprint density at radius 1 is 1.23 bits per heavy atom. The maximum absolute atomic E-state index is 6.16. The van der Waals surface area contributed by atoms with Crippen molar-refractivity contribution in [3.05, 3.63) is 34.6 Å². The third-order valence-corrected chi connectivity index (χ3v) is 3.89. The van der Waals surface area contributed by atoms with E-state index >= 15 is 0 Å². The molecule has 0 spiro atoms. The fourth-order valence-corrected chi connectivity index (χ4v) is 2.17. The van der Waals surface area contributed by atoms with Gasteiger partial charge in [0, 0.05) is 11.6 Å². The summed E-state index contributed by atoms with van der Waals surface area (Å²) in [5, 5.41) is 3.94. The molecule has 0 aliphatic rings. The molecule has 0 saturated carbocycles. The SMILES string of the molecule is CCCCNc1ncnc(Oc2cc(C)c(Cl)c(C)c2)c1N.